The normalized spacial score (nSPS) is 10.8. The Morgan fingerprint density at radius 2 is 1.12 bits per heavy atom. The minimum absolute atomic E-state index is 0.154. The molecule has 0 aliphatic heterocycles. The van der Waals surface area contributed by atoms with Crippen LogP contribution in [0.1, 0.15) is 22.3 Å². The molecule has 168 valence electrons. The summed E-state index contributed by atoms with van der Waals surface area (Å²) in [5, 5.41) is 30.3. The van der Waals surface area contributed by atoms with E-state index in [4.69, 9.17) is 4.74 Å². The third-order valence-corrected chi connectivity index (χ3v) is 5.61. The molecule has 33 heavy (non-hydrogen) atoms. The van der Waals surface area contributed by atoms with Gasteiger partial charge in [-0.3, -0.25) is 0 Å². The van der Waals surface area contributed by atoms with E-state index >= 15 is 0 Å². The average Bonchev–Trinajstić information content (AvgIpc) is 2.76. The fourth-order valence-electron chi connectivity index (χ4n) is 3.98. The van der Waals surface area contributed by atoms with Gasteiger partial charge in [-0.15, -0.1) is 0 Å². The van der Waals surface area contributed by atoms with E-state index in [0.717, 1.165) is 39.3 Å². The van der Waals surface area contributed by atoms with E-state index in [2.05, 4.69) is 0 Å². The molecule has 0 bridgehead atoms. The highest BCUT2D eigenvalue weighted by molar-refractivity contribution is 5.81. The van der Waals surface area contributed by atoms with Gasteiger partial charge in [0.1, 0.15) is 28.7 Å². The first-order valence-electron chi connectivity index (χ1n) is 10.7. The maximum absolute atomic E-state index is 10.2. The van der Waals surface area contributed by atoms with Gasteiger partial charge in [0.15, 0.2) is 0 Å². The first-order chi connectivity index (χ1) is 15.7. The van der Waals surface area contributed by atoms with Gasteiger partial charge in [0.05, 0.1) is 11.4 Å². The number of aromatic hydroxyl groups is 3. The molecule has 5 nitrogen and oxygen atoms in total. The van der Waals surface area contributed by atoms with Crippen molar-refractivity contribution in [3.63, 3.8) is 0 Å². The van der Waals surface area contributed by atoms with Gasteiger partial charge in [-0.25, -0.2) is 0 Å². The number of phenols is 3. The standard InChI is InChI=1S/C28H27NO4/c1-17-8-10-22(30)15-26(17)29(27-16-23(31)11-9-18(27)2)21-6-5-7-25(14-21)33-28-19(3)12-24(32)13-20(28)4/h5-16,30-32H,1-4H3. The number of ether oxygens (including phenoxy) is 1. The van der Waals surface area contributed by atoms with E-state index in [-0.39, 0.29) is 17.2 Å². The summed E-state index contributed by atoms with van der Waals surface area (Å²) in [4.78, 5) is 1.99. The SMILES string of the molecule is Cc1ccc(O)cc1N(c1cccc(Oc2c(C)cc(O)cc2C)c1)c1cc(O)ccc1C. The molecule has 0 unspecified atom stereocenters. The minimum atomic E-state index is 0.154. The van der Waals surface area contributed by atoms with Crippen LogP contribution in [-0.2, 0) is 0 Å². The lowest BCUT2D eigenvalue weighted by molar-refractivity contribution is 0.458. The lowest BCUT2D eigenvalue weighted by Gasteiger charge is -2.29. The Hall–Kier alpha value is -4.12. The van der Waals surface area contributed by atoms with Crippen molar-refractivity contribution in [1.82, 2.24) is 0 Å². The first kappa shape index (κ1) is 22.1. The fraction of sp³-hybridized carbons (Fsp3) is 0.143. The quantitative estimate of drug-likeness (QED) is 0.303. The summed E-state index contributed by atoms with van der Waals surface area (Å²) in [6.45, 7) is 7.74. The molecular formula is C28H27NO4. The van der Waals surface area contributed by atoms with Gasteiger partial charge in [0, 0.05) is 23.9 Å². The molecule has 0 atom stereocenters. The highest BCUT2D eigenvalue weighted by Gasteiger charge is 2.19. The van der Waals surface area contributed by atoms with Crippen molar-refractivity contribution in [3.05, 3.63) is 95.1 Å². The van der Waals surface area contributed by atoms with Crippen molar-refractivity contribution >= 4 is 17.1 Å². The predicted molar refractivity (Wildman–Crippen MR) is 132 cm³/mol. The molecule has 0 aliphatic carbocycles. The third-order valence-electron chi connectivity index (χ3n) is 5.61. The zero-order valence-corrected chi connectivity index (χ0v) is 19.1. The molecule has 0 amide bonds. The lowest BCUT2D eigenvalue weighted by Crippen LogP contribution is -2.12. The highest BCUT2D eigenvalue weighted by atomic mass is 16.5. The summed E-state index contributed by atoms with van der Waals surface area (Å²) in [7, 11) is 0. The summed E-state index contributed by atoms with van der Waals surface area (Å²) in [5.74, 6) is 1.84. The van der Waals surface area contributed by atoms with Gasteiger partial charge in [0.2, 0.25) is 0 Å². The molecule has 4 aromatic rings. The molecule has 4 aromatic carbocycles. The number of hydrogen-bond acceptors (Lipinski definition) is 5. The van der Waals surface area contributed by atoms with Crippen LogP contribution in [0, 0.1) is 27.7 Å². The third kappa shape index (κ3) is 4.58. The Bertz CT molecular complexity index is 1260. The van der Waals surface area contributed by atoms with Crippen molar-refractivity contribution in [2.45, 2.75) is 27.7 Å². The van der Waals surface area contributed by atoms with Crippen LogP contribution in [0.2, 0.25) is 0 Å². The van der Waals surface area contributed by atoms with E-state index in [9.17, 15) is 15.3 Å². The molecule has 0 saturated heterocycles. The van der Waals surface area contributed by atoms with Gasteiger partial charge in [-0.2, -0.15) is 0 Å². The molecule has 0 saturated carbocycles. The smallest absolute Gasteiger partial charge is 0.133 e. The second-order valence-corrected chi connectivity index (χ2v) is 8.29. The number of rotatable bonds is 5. The topological polar surface area (TPSA) is 73.2 Å². The number of aryl methyl sites for hydroxylation is 4. The van der Waals surface area contributed by atoms with Crippen molar-refractivity contribution in [2.24, 2.45) is 0 Å². The molecule has 0 aliphatic rings. The van der Waals surface area contributed by atoms with Crippen LogP contribution in [0.5, 0.6) is 28.7 Å². The van der Waals surface area contributed by atoms with Crippen LogP contribution in [-0.4, -0.2) is 15.3 Å². The van der Waals surface area contributed by atoms with Crippen LogP contribution < -0.4 is 9.64 Å². The van der Waals surface area contributed by atoms with Crippen molar-refractivity contribution in [2.75, 3.05) is 4.90 Å². The molecule has 3 N–H and O–H groups in total. The van der Waals surface area contributed by atoms with Crippen molar-refractivity contribution in [1.29, 1.82) is 0 Å². The molecule has 5 heteroatoms. The highest BCUT2D eigenvalue weighted by Crippen LogP contribution is 2.42. The second kappa shape index (κ2) is 8.79. The van der Waals surface area contributed by atoms with Gasteiger partial charge >= 0.3 is 0 Å². The van der Waals surface area contributed by atoms with Crippen LogP contribution in [0.3, 0.4) is 0 Å². The first-order valence-corrected chi connectivity index (χ1v) is 10.7. The van der Waals surface area contributed by atoms with E-state index in [1.54, 1.807) is 36.4 Å². The summed E-state index contributed by atoms with van der Waals surface area (Å²) < 4.78 is 6.23. The second-order valence-electron chi connectivity index (χ2n) is 8.29. The minimum Gasteiger partial charge on any atom is -0.508 e. The van der Waals surface area contributed by atoms with Crippen molar-refractivity contribution < 1.29 is 20.1 Å². The van der Waals surface area contributed by atoms with E-state index < -0.39 is 0 Å². The number of phenolic OH excluding ortho intramolecular Hbond substituents is 3. The lowest BCUT2D eigenvalue weighted by atomic mass is 10.1. The largest absolute Gasteiger partial charge is 0.508 e. The van der Waals surface area contributed by atoms with Crippen molar-refractivity contribution in [3.8, 4) is 28.7 Å². The van der Waals surface area contributed by atoms with Gasteiger partial charge in [0.25, 0.3) is 0 Å². The Morgan fingerprint density at radius 3 is 1.67 bits per heavy atom. The zero-order valence-electron chi connectivity index (χ0n) is 19.1. The predicted octanol–water partition coefficient (Wildman–Crippen LogP) is 7.30. The van der Waals surface area contributed by atoms with Crippen LogP contribution in [0.25, 0.3) is 0 Å². The van der Waals surface area contributed by atoms with Gasteiger partial charge < -0.3 is 25.0 Å². The maximum atomic E-state index is 10.2. The Kier molecular flexibility index (Phi) is 5.88. The summed E-state index contributed by atoms with van der Waals surface area (Å²) >= 11 is 0. The molecule has 4 rings (SSSR count). The van der Waals surface area contributed by atoms with E-state index in [1.807, 2.05) is 69.0 Å². The maximum Gasteiger partial charge on any atom is 0.133 e. The number of hydrogen-bond donors (Lipinski definition) is 3. The average molecular weight is 442 g/mol. The fourth-order valence-corrected chi connectivity index (χ4v) is 3.98. The molecule has 0 aromatic heterocycles. The summed E-state index contributed by atoms with van der Waals surface area (Å²) in [6, 6.07) is 21.4. The van der Waals surface area contributed by atoms with Crippen LogP contribution in [0.15, 0.2) is 72.8 Å². The Balaban J connectivity index is 1.85. The molecular weight excluding hydrogens is 414 g/mol. The Morgan fingerprint density at radius 1 is 0.576 bits per heavy atom. The monoisotopic (exact) mass is 441 g/mol. The molecule has 0 spiro atoms. The Labute approximate surface area is 193 Å². The van der Waals surface area contributed by atoms with E-state index in [0.29, 0.717) is 11.5 Å². The van der Waals surface area contributed by atoms with Crippen LogP contribution >= 0.6 is 0 Å². The number of anilines is 3. The van der Waals surface area contributed by atoms with E-state index in [1.165, 1.54) is 0 Å². The zero-order chi connectivity index (χ0) is 23.7. The van der Waals surface area contributed by atoms with Gasteiger partial charge in [-0.05, 0) is 86.3 Å². The summed E-state index contributed by atoms with van der Waals surface area (Å²) in [6.07, 6.45) is 0. The molecule has 0 heterocycles. The number of nitrogens with zero attached hydrogens (tertiary/aromatic N) is 1. The summed E-state index contributed by atoms with van der Waals surface area (Å²) in [5.41, 5.74) is 5.99. The molecule has 0 radical (unpaired) electrons. The molecule has 0 fully saturated rings. The van der Waals surface area contributed by atoms with Crippen LogP contribution in [0.4, 0.5) is 17.1 Å². The van der Waals surface area contributed by atoms with Gasteiger partial charge in [-0.1, -0.05) is 18.2 Å². The number of benzene rings is 4.